The highest BCUT2D eigenvalue weighted by atomic mass is 16.5. The second kappa shape index (κ2) is 15.8. The molecule has 0 unspecified atom stereocenters. The van der Waals surface area contributed by atoms with E-state index < -0.39 is 0 Å². The van der Waals surface area contributed by atoms with Crippen molar-refractivity contribution in [1.82, 2.24) is 15.5 Å². The maximum absolute atomic E-state index is 12.7. The lowest BCUT2D eigenvalue weighted by molar-refractivity contribution is -0.123. The number of aliphatic hydroxyl groups excluding tert-OH is 1. The molecule has 0 fully saturated rings. The van der Waals surface area contributed by atoms with Gasteiger partial charge in [0.15, 0.2) is 0 Å². The van der Waals surface area contributed by atoms with Gasteiger partial charge in [0.25, 0.3) is 0 Å². The molecule has 212 valence electrons. The first-order valence-electron chi connectivity index (χ1n) is 14.3. The zero-order valence-corrected chi connectivity index (χ0v) is 23.2. The lowest BCUT2D eigenvalue weighted by Crippen LogP contribution is -2.39. The van der Waals surface area contributed by atoms with Crippen molar-refractivity contribution in [3.05, 3.63) is 101 Å². The average Bonchev–Trinajstić information content (AvgIpc) is 2.98. The number of hydrogen-bond donors (Lipinski definition) is 3. The van der Waals surface area contributed by atoms with Crippen LogP contribution in [0, 0.1) is 0 Å². The molecule has 2 amide bonds. The van der Waals surface area contributed by atoms with E-state index in [0.29, 0.717) is 52.0 Å². The van der Waals surface area contributed by atoms with Gasteiger partial charge in [-0.2, -0.15) is 0 Å². The van der Waals surface area contributed by atoms with E-state index in [9.17, 15) is 14.7 Å². The van der Waals surface area contributed by atoms with Crippen molar-refractivity contribution in [3.63, 3.8) is 0 Å². The molecular weight excluding hydrogens is 502 g/mol. The zero-order chi connectivity index (χ0) is 28.0. The van der Waals surface area contributed by atoms with Crippen LogP contribution < -0.4 is 15.4 Å². The van der Waals surface area contributed by atoms with Crippen LogP contribution in [0.25, 0.3) is 0 Å². The van der Waals surface area contributed by atoms with Gasteiger partial charge in [0.1, 0.15) is 5.75 Å². The third-order valence-corrected chi connectivity index (χ3v) is 7.09. The van der Waals surface area contributed by atoms with Crippen LogP contribution in [-0.4, -0.2) is 54.2 Å². The van der Waals surface area contributed by atoms with Crippen molar-refractivity contribution in [2.75, 3.05) is 26.3 Å². The van der Waals surface area contributed by atoms with Crippen LogP contribution in [0.4, 0.5) is 0 Å². The Morgan fingerprint density at radius 3 is 2.42 bits per heavy atom. The number of benzene rings is 3. The maximum atomic E-state index is 12.7. The van der Waals surface area contributed by atoms with Crippen LogP contribution in [0.5, 0.6) is 5.75 Å². The highest BCUT2D eigenvalue weighted by Crippen LogP contribution is 2.24. The molecule has 0 bridgehead atoms. The minimum Gasteiger partial charge on any atom is -0.493 e. The summed E-state index contributed by atoms with van der Waals surface area (Å²) in [5, 5.41) is 15.8. The molecule has 1 aliphatic heterocycles. The van der Waals surface area contributed by atoms with Crippen molar-refractivity contribution < 1.29 is 19.4 Å². The molecule has 0 aromatic heterocycles. The molecule has 40 heavy (non-hydrogen) atoms. The topological polar surface area (TPSA) is 90.9 Å². The van der Waals surface area contributed by atoms with E-state index in [0.717, 1.165) is 47.3 Å². The lowest BCUT2D eigenvalue weighted by Gasteiger charge is -2.24. The Kier molecular flexibility index (Phi) is 11.6. The van der Waals surface area contributed by atoms with Gasteiger partial charge in [0.2, 0.25) is 11.8 Å². The number of nitrogens with zero attached hydrogens (tertiary/aromatic N) is 1. The Morgan fingerprint density at radius 1 is 0.925 bits per heavy atom. The average molecular weight is 544 g/mol. The van der Waals surface area contributed by atoms with E-state index in [1.54, 1.807) is 0 Å². The number of rotatable bonds is 9. The van der Waals surface area contributed by atoms with Gasteiger partial charge in [0.05, 0.1) is 25.8 Å². The minimum atomic E-state index is -0.318. The molecule has 7 nitrogen and oxygen atoms in total. The number of ether oxygens (including phenoxy) is 1. The van der Waals surface area contributed by atoms with Crippen LogP contribution in [0.15, 0.2) is 78.9 Å². The summed E-state index contributed by atoms with van der Waals surface area (Å²) < 4.78 is 6.19. The van der Waals surface area contributed by atoms with Gasteiger partial charge in [-0.15, -0.1) is 0 Å². The standard InChI is InChI=1S/C33H41N3O4/c37-25-30(21-26-10-4-1-5-11-26)35-32(38)17-15-27-14-16-31-29(20-27)23-36(22-28-12-6-2-7-13-28)24-33(39)34-18-8-3-9-19-40-31/h1-2,4-7,10-14,16,20,30,37H,3,8-9,15,17-19,21-25H2,(H,34,39)(H,35,38)/t30-/m0/s1. The van der Waals surface area contributed by atoms with Crippen LogP contribution in [0.1, 0.15) is 47.9 Å². The first kappa shape index (κ1) is 29.3. The fourth-order valence-electron chi connectivity index (χ4n) is 4.99. The quantitative estimate of drug-likeness (QED) is 0.379. The van der Waals surface area contributed by atoms with Gasteiger partial charge in [-0.1, -0.05) is 72.8 Å². The molecule has 0 saturated heterocycles. The SMILES string of the molecule is O=C1CN(Cc2ccccc2)Cc2cc(CCC(=O)N[C@H](CO)Cc3ccccc3)ccc2OCCCCCN1. The van der Waals surface area contributed by atoms with Crippen molar-refractivity contribution >= 4 is 11.8 Å². The summed E-state index contributed by atoms with van der Waals surface area (Å²) in [6.07, 6.45) is 4.34. The van der Waals surface area contributed by atoms with Crippen molar-refractivity contribution in [1.29, 1.82) is 0 Å². The molecule has 1 heterocycles. The van der Waals surface area contributed by atoms with Crippen molar-refractivity contribution in [3.8, 4) is 5.75 Å². The molecule has 1 atom stereocenters. The molecule has 3 aromatic carbocycles. The van der Waals surface area contributed by atoms with Gasteiger partial charge in [-0.3, -0.25) is 14.5 Å². The zero-order valence-electron chi connectivity index (χ0n) is 23.2. The summed E-state index contributed by atoms with van der Waals surface area (Å²) in [4.78, 5) is 27.6. The van der Waals surface area contributed by atoms with E-state index in [-0.39, 0.29) is 24.5 Å². The first-order chi connectivity index (χ1) is 19.6. The summed E-state index contributed by atoms with van der Waals surface area (Å²) in [7, 11) is 0. The third-order valence-electron chi connectivity index (χ3n) is 7.09. The fourth-order valence-corrected chi connectivity index (χ4v) is 4.99. The summed E-state index contributed by atoms with van der Waals surface area (Å²) in [6.45, 7) is 2.70. The predicted molar refractivity (Wildman–Crippen MR) is 157 cm³/mol. The van der Waals surface area contributed by atoms with E-state index in [1.165, 1.54) is 0 Å². The summed E-state index contributed by atoms with van der Waals surface area (Å²) >= 11 is 0. The van der Waals surface area contributed by atoms with Gasteiger partial charge < -0.3 is 20.5 Å². The number of hydrogen-bond acceptors (Lipinski definition) is 5. The molecule has 1 aliphatic rings. The Hall–Kier alpha value is -3.68. The molecule has 3 N–H and O–H groups in total. The number of carbonyl (C=O) groups excluding carboxylic acids is 2. The number of amides is 2. The Labute approximate surface area is 237 Å². The van der Waals surface area contributed by atoms with Crippen LogP contribution in [0.2, 0.25) is 0 Å². The van der Waals surface area contributed by atoms with E-state index in [2.05, 4.69) is 33.7 Å². The molecule has 7 heteroatoms. The van der Waals surface area contributed by atoms with Gasteiger partial charge in [-0.05, 0) is 54.9 Å². The highest BCUT2D eigenvalue weighted by Gasteiger charge is 2.17. The Bertz CT molecular complexity index is 1200. The number of nitrogens with one attached hydrogen (secondary N) is 2. The highest BCUT2D eigenvalue weighted by molar-refractivity contribution is 5.78. The molecular formula is C33H41N3O4. The summed E-state index contributed by atoms with van der Waals surface area (Å²) in [6, 6.07) is 25.8. The Balaban J connectivity index is 1.44. The molecule has 0 aliphatic carbocycles. The van der Waals surface area contributed by atoms with Crippen molar-refractivity contribution in [2.45, 2.75) is 57.7 Å². The minimum absolute atomic E-state index is 0.0272. The number of aliphatic hydroxyl groups is 1. The van der Waals surface area contributed by atoms with Gasteiger partial charge in [-0.25, -0.2) is 0 Å². The van der Waals surface area contributed by atoms with Gasteiger partial charge in [0, 0.05) is 31.6 Å². The summed E-state index contributed by atoms with van der Waals surface area (Å²) in [5.74, 6) is 0.770. The second-order valence-electron chi connectivity index (χ2n) is 10.5. The monoisotopic (exact) mass is 543 g/mol. The number of aryl methyl sites for hydroxylation is 1. The number of carbonyl (C=O) groups is 2. The van der Waals surface area contributed by atoms with Crippen molar-refractivity contribution in [2.24, 2.45) is 0 Å². The summed E-state index contributed by atoms with van der Waals surface area (Å²) in [5.41, 5.74) is 4.27. The fraction of sp³-hybridized carbons (Fsp3) is 0.394. The predicted octanol–water partition coefficient (Wildman–Crippen LogP) is 4.02. The second-order valence-corrected chi connectivity index (χ2v) is 10.5. The lowest BCUT2D eigenvalue weighted by atomic mass is 10.0. The smallest absolute Gasteiger partial charge is 0.234 e. The number of fused-ring (bicyclic) bond motifs is 1. The molecule has 0 saturated carbocycles. The van der Waals surface area contributed by atoms with Crippen LogP contribution >= 0.6 is 0 Å². The van der Waals surface area contributed by atoms with E-state index >= 15 is 0 Å². The first-order valence-corrected chi connectivity index (χ1v) is 14.3. The molecule has 4 rings (SSSR count). The van der Waals surface area contributed by atoms with E-state index in [4.69, 9.17) is 4.74 Å². The molecule has 0 radical (unpaired) electrons. The van der Waals surface area contributed by atoms with E-state index in [1.807, 2.05) is 60.7 Å². The largest absolute Gasteiger partial charge is 0.493 e. The van der Waals surface area contributed by atoms with Crippen LogP contribution in [-0.2, 0) is 35.5 Å². The van der Waals surface area contributed by atoms with Gasteiger partial charge >= 0.3 is 0 Å². The normalized spacial score (nSPS) is 15.8. The van der Waals surface area contributed by atoms with Crippen LogP contribution in [0.3, 0.4) is 0 Å². The maximum Gasteiger partial charge on any atom is 0.234 e. The molecule has 3 aromatic rings. The Morgan fingerprint density at radius 2 is 1.68 bits per heavy atom. The molecule has 0 spiro atoms. The third kappa shape index (κ3) is 9.81.